The lowest BCUT2D eigenvalue weighted by atomic mass is 9.91. The van der Waals surface area contributed by atoms with Crippen LogP contribution in [0.5, 0.6) is 0 Å². The van der Waals surface area contributed by atoms with Gasteiger partial charge in [-0.05, 0) is 53.6 Å². The molecule has 0 aliphatic heterocycles. The summed E-state index contributed by atoms with van der Waals surface area (Å²) in [5.74, 6) is 0. The van der Waals surface area contributed by atoms with E-state index in [0.717, 1.165) is 19.3 Å². The Labute approximate surface area is 112 Å². The topological polar surface area (TPSA) is 20.2 Å². The van der Waals surface area contributed by atoms with E-state index in [-0.39, 0.29) is 0 Å². The van der Waals surface area contributed by atoms with Gasteiger partial charge in [0.2, 0.25) is 0 Å². The monoisotopic (exact) mass is 332 g/mol. The van der Waals surface area contributed by atoms with E-state index in [2.05, 4.69) is 53.8 Å². The molecule has 0 bridgehead atoms. The summed E-state index contributed by atoms with van der Waals surface area (Å²) < 4.78 is 1.24. The molecule has 1 rings (SSSR count). The molecule has 1 aromatic carbocycles. The normalized spacial score (nSPS) is 14.8. The number of rotatable bonds is 6. The number of halogens is 1. The molecular weight excluding hydrogens is 311 g/mol. The molecule has 1 N–H and O–H groups in total. The molecule has 0 aliphatic rings. The summed E-state index contributed by atoms with van der Waals surface area (Å²) in [7, 11) is 0. The van der Waals surface area contributed by atoms with Crippen molar-refractivity contribution in [1.82, 2.24) is 0 Å². The number of aliphatic hydroxyl groups is 1. The van der Waals surface area contributed by atoms with Crippen molar-refractivity contribution in [3.05, 3.63) is 33.4 Å². The van der Waals surface area contributed by atoms with Crippen molar-refractivity contribution in [2.75, 3.05) is 0 Å². The minimum Gasteiger partial charge on any atom is -0.390 e. The molecule has 1 nitrogen and oxygen atoms in total. The van der Waals surface area contributed by atoms with Gasteiger partial charge in [-0.15, -0.1) is 0 Å². The Kier molecular flexibility index (Phi) is 5.76. The third-order valence-corrected chi connectivity index (χ3v) is 3.54. The van der Waals surface area contributed by atoms with Gasteiger partial charge < -0.3 is 5.11 Å². The van der Waals surface area contributed by atoms with Gasteiger partial charge >= 0.3 is 0 Å². The Balaban J connectivity index is 2.48. The fraction of sp³-hybridized carbons (Fsp3) is 0.571. The van der Waals surface area contributed by atoms with Gasteiger partial charge in [0.05, 0.1) is 5.60 Å². The first kappa shape index (κ1) is 14.0. The molecule has 0 heterocycles. The zero-order valence-electron chi connectivity index (χ0n) is 10.2. The van der Waals surface area contributed by atoms with Crippen LogP contribution in [0.3, 0.4) is 0 Å². The number of hydrogen-bond acceptors (Lipinski definition) is 1. The van der Waals surface area contributed by atoms with Crippen LogP contribution >= 0.6 is 22.6 Å². The quantitative estimate of drug-likeness (QED) is 0.612. The van der Waals surface area contributed by atoms with Gasteiger partial charge in [0.25, 0.3) is 0 Å². The molecule has 0 aliphatic carbocycles. The van der Waals surface area contributed by atoms with E-state index in [1.54, 1.807) is 0 Å². The second-order valence-electron chi connectivity index (χ2n) is 4.76. The van der Waals surface area contributed by atoms with Crippen LogP contribution in [0.25, 0.3) is 0 Å². The number of benzene rings is 1. The van der Waals surface area contributed by atoms with Gasteiger partial charge in [-0.1, -0.05) is 38.3 Å². The molecule has 0 aromatic heterocycles. The van der Waals surface area contributed by atoms with Gasteiger partial charge in [0.15, 0.2) is 0 Å². The fourth-order valence-electron chi connectivity index (χ4n) is 1.89. The molecule has 90 valence electrons. The standard InChI is InChI=1S/C14H21IO/c1-3-4-5-10-14(2,16)11-12-6-8-13(15)9-7-12/h6-9,16H,3-5,10-11H2,1-2H3. The third kappa shape index (κ3) is 5.30. The lowest BCUT2D eigenvalue weighted by Gasteiger charge is -2.23. The highest BCUT2D eigenvalue weighted by Gasteiger charge is 2.19. The van der Waals surface area contributed by atoms with E-state index in [1.807, 2.05) is 6.92 Å². The Bertz CT molecular complexity index is 303. The summed E-state index contributed by atoms with van der Waals surface area (Å²) >= 11 is 2.30. The van der Waals surface area contributed by atoms with Crippen LogP contribution in [0.1, 0.15) is 45.1 Å². The average Bonchev–Trinajstić information content (AvgIpc) is 2.21. The van der Waals surface area contributed by atoms with Gasteiger partial charge in [0, 0.05) is 9.99 Å². The summed E-state index contributed by atoms with van der Waals surface area (Å²) in [6.45, 7) is 4.13. The number of unbranched alkanes of at least 4 members (excludes halogenated alkanes) is 2. The maximum atomic E-state index is 10.3. The number of hydrogen-bond donors (Lipinski definition) is 1. The van der Waals surface area contributed by atoms with E-state index in [0.29, 0.717) is 0 Å². The molecule has 0 saturated carbocycles. The Morgan fingerprint density at radius 1 is 1.19 bits per heavy atom. The lowest BCUT2D eigenvalue weighted by Crippen LogP contribution is -2.26. The molecule has 0 saturated heterocycles. The fourth-order valence-corrected chi connectivity index (χ4v) is 2.25. The first-order valence-corrected chi connectivity index (χ1v) is 7.08. The van der Waals surface area contributed by atoms with Crippen molar-refractivity contribution in [3.63, 3.8) is 0 Å². The highest BCUT2D eigenvalue weighted by Crippen LogP contribution is 2.20. The van der Waals surface area contributed by atoms with Crippen LogP contribution in [0.2, 0.25) is 0 Å². The molecule has 1 aromatic rings. The predicted molar refractivity (Wildman–Crippen MR) is 77.6 cm³/mol. The largest absolute Gasteiger partial charge is 0.390 e. The van der Waals surface area contributed by atoms with Crippen molar-refractivity contribution in [3.8, 4) is 0 Å². The molecule has 1 unspecified atom stereocenters. The zero-order chi connectivity index (χ0) is 12.0. The molecule has 1 atom stereocenters. The van der Waals surface area contributed by atoms with Crippen LogP contribution in [-0.2, 0) is 6.42 Å². The second-order valence-corrected chi connectivity index (χ2v) is 6.00. The van der Waals surface area contributed by atoms with Crippen molar-refractivity contribution < 1.29 is 5.11 Å². The highest BCUT2D eigenvalue weighted by atomic mass is 127. The maximum absolute atomic E-state index is 10.3. The van der Waals surface area contributed by atoms with Crippen molar-refractivity contribution in [1.29, 1.82) is 0 Å². The highest BCUT2D eigenvalue weighted by molar-refractivity contribution is 14.1. The van der Waals surface area contributed by atoms with Crippen molar-refractivity contribution in [2.24, 2.45) is 0 Å². The third-order valence-electron chi connectivity index (χ3n) is 2.82. The molecule has 0 spiro atoms. The molecule has 2 heteroatoms. The zero-order valence-corrected chi connectivity index (χ0v) is 12.3. The lowest BCUT2D eigenvalue weighted by molar-refractivity contribution is 0.0486. The van der Waals surface area contributed by atoms with Crippen LogP contribution in [0.15, 0.2) is 24.3 Å². The van der Waals surface area contributed by atoms with Crippen LogP contribution in [-0.4, -0.2) is 10.7 Å². The Morgan fingerprint density at radius 2 is 1.81 bits per heavy atom. The van der Waals surface area contributed by atoms with E-state index >= 15 is 0 Å². The Hall–Kier alpha value is -0.0900. The molecule has 16 heavy (non-hydrogen) atoms. The summed E-state index contributed by atoms with van der Waals surface area (Å²) in [6, 6.07) is 8.40. The van der Waals surface area contributed by atoms with Crippen LogP contribution in [0, 0.1) is 3.57 Å². The van der Waals surface area contributed by atoms with Gasteiger partial charge in [0.1, 0.15) is 0 Å². The van der Waals surface area contributed by atoms with Gasteiger partial charge in [-0.2, -0.15) is 0 Å². The van der Waals surface area contributed by atoms with E-state index in [4.69, 9.17) is 0 Å². The molecule has 0 fully saturated rings. The maximum Gasteiger partial charge on any atom is 0.0660 e. The first-order chi connectivity index (χ1) is 7.53. The van der Waals surface area contributed by atoms with E-state index in [1.165, 1.54) is 22.0 Å². The smallest absolute Gasteiger partial charge is 0.0660 e. The summed E-state index contributed by atoms with van der Waals surface area (Å²) in [5, 5.41) is 10.3. The minimum absolute atomic E-state index is 0.554. The predicted octanol–water partition coefficient (Wildman–Crippen LogP) is 4.17. The van der Waals surface area contributed by atoms with Gasteiger partial charge in [-0.25, -0.2) is 0 Å². The van der Waals surface area contributed by atoms with Crippen LogP contribution < -0.4 is 0 Å². The van der Waals surface area contributed by atoms with Crippen molar-refractivity contribution in [2.45, 2.75) is 51.6 Å². The summed E-state index contributed by atoms with van der Waals surface area (Å²) in [5.41, 5.74) is 0.670. The second kappa shape index (κ2) is 6.60. The molecular formula is C14H21IO. The van der Waals surface area contributed by atoms with Gasteiger partial charge in [-0.3, -0.25) is 0 Å². The first-order valence-electron chi connectivity index (χ1n) is 6.00. The minimum atomic E-state index is -0.554. The summed E-state index contributed by atoms with van der Waals surface area (Å²) in [4.78, 5) is 0. The SMILES string of the molecule is CCCCCC(C)(O)Cc1ccc(I)cc1. The average molecular weight is 332 g/mol. The van der Waals surface area contributed by atoms with Crippen LogP contribution in [0.4, 0.5) is 0 Å². The molecule has 0 amide bonds. The molecule has 0 radical (unpaired) electrons. The summed E-state index contributed by atoms with van der Waals surface area (Å²) in [6.07, 6.45) is 5.19. The Morgan fingerprint density at radius 3 is 2.38 bits per heavy atom. The van der Waals surface area contributed by atoms with E-state index < -0.39 is 5.60 Å². The van der Waals surface area contributed by atoms with Crippen molar-refractivity contribution >= 4 is 22.6 Å². The van der Waals surface area contributed by atoms with E-state index in [9.17, 15) is 5.11 Å².